The van der Waals surface area contributed by atoms with Crippen molar-refractivity contribution in [1.82, 2.24) is 0 Å². The first-order valence-electron chi connectivity index (χ1n) is 4.64. The molecule has 0 saturated heterocycles. The van der Waals surface area contributed by atoms with Crippen molar-refractivity contribution < 1.29 is 19.1 Å². The summed E-state index contributed by atoms with van der Waals surface area (Å²) in [5.41, 5.74) is 1.45. The number of hydrogen-bond donors (Lipinski definition) is 0. The van der Waals surface area contributed by atoms with Gasteiger partial charge in [0.1, 0.15) is 13.2 Å². The molecule has 2 rings (SSSR count). The number of ether oxygens (including phenoxy) is 2. The molecule has 0 fully saturated rings. The van der Waals surface area contributed by atoms with E-state index in [1.54, 1.807) is 25.1 Å². The minimum Gasteiger partial charge on any atom is -0.458 e. The van der Waals surface area contributed by atoms with E-state index >= 15 is 0 Å². The van der Waals surface area contributed by atoms with Crippen LogP contribution in [0.15, 0.2) is 18.2 Å². The number of hydrogen-bond acceptors (Lipinski definition) is 4. The van der Waals surface area contributed by atoms with Crippen LogP contribution in [0.25, 0.3) is 0 Å². The van der Waals surface area contributed by atoms with Gasteiger partial charge in [0, 0.05) is 0 Å². The van der Waals surface area contributed by atoms with E-state index in [0.717, 1.165) is 0 Å². The number of cyclic esters (lactones) is 2. The molecule has 1 aromatic carbocycles. The standard InChI is InChI=1S/C11H10O4/c1-7-8-3-2-4-9(7)11(13)15-6-5-14-10(8)12/h2-4H,5-6H2,1H3. The van der Waals surface area contributed by atoms with E-state index in [2.05, 4.69) is 0 Å². The fourth-order valence-electron chi connectivity index (χ4n) is 1.50. The molecule has 0 spiro atoms. The van der Waals surface area contributed by atoms with Crippen LogP contribution in [0.5, 0.6) is 0 Å². The second kappa shape index (κ2) is 3.73. The Labute approximate surface area is 86.8 Å². The summed E-state index contributed by atoms with van der Waals surface area (Å²) in [5, 5.41) is 0. The van der Waals surface area contributed by atoms with E-state index in [4.69, 9.17) is 9.47 Å². The normalized spacial score (nSPS) is 15.8. The summed E-state index contributed by atoms with van der Waals surface area (Å²) in [4.78, 5) is 23.0. The van der Waals surface area contributed by atoms with E-state index in [1.165, 1.54) is 0 Å². The van der Waals surface area contributed by atoms with Crippen molar-refractivity contribution in [1.29, 1.82) is 0 Å². The highest BCUT2D eigenvalue weighted by Gasteiger charge is 2.19. The molecular weight excluding hydrogens is 196 g/mol. The zero-order valence-corrected chi connectivity index (χ0v) is 8.28. The monoisotopic (exact) mass is 206 g/mol. The minimum atomic E-state index is -0.410. The van der Waals surface area contributed by atoms with Gasteiger partial charge in [0.05, 0.1) is 11.1 Å². The molecule has 0 aromatic heterocycles. The highest BCUT2D eigenvalue weighted by Crippen LogP contribution is 2.17. The Morgan fingerprint density at radius 3 is 1.93 bits per heavy atom. The molecule has 0 N–H and O–H groups in total. The van der Waals surface area contributed by atoms with Gasteiger partial charge in [-0.15, -0.1) is 0 Å². The van der Waals surface area contributed by atoms with Crippen molar-refractivity contribution in [2.24, 2.45) is 0 Å². The predicted molar refractivity (Wildman–Crippen MR) is 51.7 cm³/mol. The van der Waals surface area contributed by atoms with Gasteiger partial charge in [-0.1, -0.05) is 6.07 Å². The average Bonchev–Trinajstić information content (AvgIpc) is 2.27. The van der Waals surface area contributed by atoms with Gasteiger partial charge in [-0.25, -0.2) is 9.59 Å². The highest BCUT2D eigenvalue weighted by atomic mass is 16.6. The molecule has 0 aliphatic carbocycles. The van der Waals surface area contributed by atoms with Crippen LogP contribution in [0.3, 0.4) is 0 Å². The van der Waals surface area contributed by atoms with E-state index in [0.29, 0.717) is 16.7 Å². The highest BCUT2D eigenvalue weighted by molar-refractivity contribution is 5.98. The van der Waals surface area contributed by atoms with Crippen molar-refractivity contribution in [3.05, 3.63) is 34.9 Å². The molecule has 0 atom stereocenters. The largest absolute Gasteiger partial charge is 0.458 e. The molecule has 4 heteroatoms. The van der Waals surface area contributed by atoms with Crippen LogP contribution >= 0.6 is 0 Å². The van der Waals surface area contributed by atoms with Gasteiger partial charge in [-0.3, -0.25) is 0 Å². The van der Waals surface area contributed by atoms with E-state index in [9.17, 15) is 9.59 Å². The summed E-state index contributed by atoms with van der Waals surface area (Å²) < 4.78 is 9.83. The van der Waals surface area contributed by atoms with Crippen LogP contribution in [0.1, 0.15) is 26.3 Å². The minimum absolute atomic E-state index is 0.0997. The van der Waals surface area contributed by atoms with Crippen LogP contribution in [-0.4, -0.2) is 25.2 Å². The number of fused-ring (bicyclic) bond motifs is 2. The van der Waals surface area contributed by atoms with Gasteiger partial charge in [-0.05, 0) is 24.6 Å². The average molecular weight is 206 g/mol. The first kappa shape index (κ1) is 9.71. The van der Waals surface area contributed by atoms with E-state index in [-0.39, 0.29) is 13.2 Å². The molecule has 0 amide bonds. The summed E-state index contributed by atoms with van der Waals surface area (Å²) in [6, 6.07) is 4.92. The van der Waals surface area contributed by atoms with Crippen LogP contribution in [0.2, 0.25) is 0 Å². The molecule has 0 unspecified atom stereocenters. The Kier molecular flexibility index (Phi) is 2.41. The smallest absolute Gasteiger partial charge is 0.338 e. The maximum Gasteiger partial charge on any atom is 0.338 e. The topological polar surface area (TPSA) is 52.6 Å². The number of rotatable bonds is 0. The van der Waals surface area contributed by atoms with E-state index in [1.807, 2.05) is 0 Å². The van der Waals surface area contributed by atoms with Crippen molar-refractivity contribution in [2.45, 2.75) is 6.92 Å². The molecule has 0 saturated carbocycles. The van der Waals surface area contributed by atoms with Gasteiger partial charge in [0.2, 0.25) is 0 Å². The molecular formula is C11H10O4. The molecule has 1 heterocycles. The first-order valence-corrected chi connectivity index (χ1v) is 4.64. The quantitative estimate of drug-likeness (QED) is 0.601. The second-order valence-corrected chi connectivity index (χ2v) is 3.25. The second-order valence-electron chi connectivity index (χ2n) is 3.25. The lowest BCUT2D eigenvalue weighted by Gasteiger charge is -2.05. The summed E-state index contributed by atoms with van der Waals surface area (Å²) in [6.07, 6.45) is 0. The van der Waals surface area contributed by atoms with Crippen LogP contribution in [0.4, 0.5) is 0 Å². The Morgan fingerprint density at radius 2 is 1.47 bits per heavy atom. The molecule has 78 valence electrons. The number of esters is 2. The SMILES string of the molecule is Cc1c2cccc1C(=O)OCCOC2=O. The van der Waals surface area contributed by atoms with Gasteiger partial charge >= 0.3 is 11.9 Å². The molecule has 15 heavy (non-hydrogen) atoms. The van der Waals surface area contributed by atoms with Gasteiger partial charge < -0.3 is 9.47 Å². The lowest BCUT2D eigenvalue weighted by molar-refractivity contribution is 0.0277. The summed E-state index contributed by atoms with van der Waals surface area (Å²) in [5.74, 6) is -0.819. The molecule has 4 nitrogen and oxygen atoms in total. The molecule has 2 bridgehead atoms. The van der Waals surface area contributed by atoms with Crippen LogP contribution < -0.4 is 0 Å². The molecule has 1 aliphatic heterocycles. The number of benzene rings is 1. The molecule has 1 aromatic rings. The van der Waals surface area contributed by atoms with Crippen molar-refractivity contribution in [3.63, 3.8) is 0 Å². The summed E-state index contributed by atoms with van der Waals surface area (Å²) >= 11 is 0. The third-order valence-corrected chi connectivity index (χ3v) is 2.32. The Hall–Kier alpha value is -1.84. The zero-order valence-electron chi connectivity index (χ0n) is 8.28. The molecule has 0 radical (unpaired) electrons. The van der Waals surface area contributed by atoms with Crippen molar-refractivity contribution in [3.8, 4) is 0 Å². The maximum absolute atomic E-state index is 11.5. The lowest BCUT2D eigenvalue weighted by Crippen LogP contribution is -2.10. The van der Waals surface area contributed by atoms with Gasteiger partial charge in [0.25, 0.3) is 0 Å². The first-order chi connectivity index (χ1) is 7.20. The number of carbonyl (C=O) groups excluding carboxylic acids is 2. The summed E-state index contributed by atoms with van der Waals surface area (Å²) in [7, 11) is 0. The zero-order chi connectivity index (χ0) is 10.8. The third-order valence-electron chi connectivity index (χ3n) is 2.32. The molecule has 1 aliphatic rings. The Bertz CT molecular complexity index is 386. The van der Waals surface area contributed by atoms with Crippen molar-refractivity contribution in [2.75, 3.05) is 13.2 Å². The van der Waals surface area contributed by atoms with Crippen molar-refractivity contribution >= 4 is 11.9 Å². The Balaban J connectivity index is 2.56. The van der Waals surface area contributed by atoms with Gasteiger partial charge in [-0.2, -0.15) is 0 Å². The summed E-state index contributed by atoms with van der Waals surface area (Å²) in [6.45, 7) is 1.91. The number of carbonyl (C=O) groups is 2. The lowest BCUT2D eigenvalue weighted by atomic mass is 10.0. The van der Waals surface area contributed by atoms with Crippen LogP contribution in [-0.2, 0) is 9.47 Å². The fourth-order valence-corrected chi connectivity index (χ4v) is 1.50. The maximum atomic E-state index is 11.5. The predicted octanol–water partition coefficient (Wildman–Crippen LogP) is 1.32. The Morgan fingerprint density at radius 1 is 1.00 bits per heavy atom. The van der Waals surface area contributed by atoms with E-state index < -0.39 is 11.9 Å². The van der Waals surface area contributed by atoms with Gasteiger partial charge in [0.15, 0.2) is 0 Å². The fraction of sp³-hybridized carbons (Fsp3) is 0.273. The third kappa shape index (κ3) is 1.70. The van der Waals surface area contributed by atoms with Crippen LogP contribution in [0, 0.1) is 6.92 Å².